The number of hydrogen-bond acceptors (Lipinski definition) is 7. The molecule has 1 amide bonds. The molecule has 1 aromatic carbocycles. The van der Waals surface area contributed by atoms with Gasteiger partial charge in [-0.15, -0.1) is 11.8 Å². The number of benzene rings is 1. The number of thioether (sulfide) groups is 1. The summed E-state index contributed by atoms with van der Waals surface area (Å²) in [4.78, 5) is 40.1. The molecule has 2 aliphatic heterocycles. The molecule has 2 heterocycles. The van der Waals surface area contributed by atoms with E-state index in [1.54, 1.807) is 19.1 Å². The van der Waals surface area contributed by atoms with E-state index < -0.39 is 35.0 Å². The van der Waals surface area contributed by atoms with Crippen LogP contribution in [0, 0.1) is 0 Å². The summed E-state index contributed by atoms with van der Waals surface area (Å²) in [5.74, 6) is -0.151. The van der Waals surface area contributed by atoms with E-state index in [-0.39, 0.29) is 28.5 Å². The summed E-state index contributed by atoms with van der Waals surface area (Å²) in [7, 11) is 1.52. The first-order valence-electron chi connectivity index (χ1n) is 12.4. The second-order valence-corrected chi connectivity index (χ2v) is 10.4. The number of Topliss-reactive ketones (excluding diaryl/α,β-unsaturated/α-hetero) is 2. The van der Waals surface area contributed by atoms with Crippen molar-refractivity contribution >= 4 is 29.4 Å². The fourth-order valence-corrected chi connectivity index (χ4v) is 5.92. The average Bonchev–Trinajstić information content (AvgIpc) is 3.11. The number of allylic oxidation sites excluding steroid dienone is 4. The molecule has 1 atom stereocenters. The highest BCUT2D eigenvalue weighted by Gasteiger charge is 2.46. The second kappa shape index (κ2) is 11.3. The van der Waals surface area contributed by atoms with Gasteiger partial charge in [-0.1, -0.05) is 18.7 Å². The third-order valence-corrected chi connectivity index (χ3v) is 8.20. The molecule has 0 radical (unpaired) electrons. The second-order valence-electron chi connectivity index (χ2n) is 9.38. The number of ether oxygens (including phenoxy) is 3. The topological polar surface area (TPSA) is 82.1 Å². The minimum Gasteiger partial charge on any atom is -0.501 e. The van der Waals surface area contributed by atoms with Crippen molar-refractivity contribution in [2.24, 2.45) is 0 Å². The number of methoxy groups -OCH3 is 1. The number of carbonyl (C=O) groups is 3. The summed E-state index contributed by atoms with van der Waals surface area (Å²) in [5, 5.41) is 0. The summed E-state index contributed by atoms with van der Waals surface area (Å²) in [6.45, 7) is 6.41. The molecule has 0 aromatic heterocycles. The normalized spacial score (nSPS) is 23.5. The fraction of sp³-hybridized carbons (Fsp3) is 0.393. The Kier molecular flexibility index (Phi) is 8.29. The first-order chi connectivity index (χ1) is 18.5. The van der Waals surface area contributed by atoms with Gasteiger partial charge in [-0.25, -0.2) is 4.79 Å². The first-order valence-corrected chi connectivity index (χ1v) is 13.3. The highest BCUT2D eigenvalue weighted by Crippen LogP contribution is 2.46. The van der Waals surface area contributed by atoms with E-state index in [1.807, 2.05) is 0 Å². The van der Waals surface area contributed by atoms with E-state index >= 15 is 0 Å². The highest BCUT2D eigenvalue weighted by molar-refractivity contribution is 8.04. The van der Waals surface area contributed by atoms with E-state index in [0.717, 1.165) is 12.1 Å². The van der Waals surface area contributed by atoms with Gasteiger partial charge < -0.3 is 19.1 Å². The van der Waals surface area contributed by atoms with Gasteiger partial charge in [0.2, 0.25) is 11.6 Å². The number of carbonyl (C=O) groups excluding carboxylic acids is 3. The molecule has 0 bridgehead atoms. The minimum atomic E-state index is -4.55. The van der Waals surface area contributed by atoms with Crippen LogP contribution >= 0.6 is 11.8 Å². The molecule has 39 heavy (non-hydrogen) atoms. The Hall–Kier alpha value is -3.47. The van der Waals surface area contributed by atoms with Crippen LogP contribution in [0.2, 0.25) is 0 Å². The lowest BCUT2D eigenvalue weighted by Gasteiger charge is -2.40. The molecule has 0 saturated carbocycles. The van der Waals surface area contributed by atoms with Crippen molar-refractivity contribution in [3.8, 4) is 5.75 Å². The number of ketones is 2. The van der Waals surface area contributed by atoms with Crippen LogP contribution in [0.3, 0.4) is 0 Å². The third kappa shape index (κ3) is 6.08. The molecule has 1 saturated heterocycles. The molecular weight excluding hydrogens is 535 g/mol. The summed E-state index contributed by atoms with van der Waals surface area (Å²) >= 11 is 1.25. The van der Waals surface area contributed by atoms with Gasteiger partial charge in [0.25, 0.3) is 0 Å². The standard InChI is InChI=1S/C28H28F3NO6S/c1-4-19(36-3)9-10-21-17(2)24-25(23(34)22(21)33)39-16-27(38-24)11-6-13-32(14-12-27)26(35)37-20-8-5-7-18(15-20)28(29,30)31/h4-5,7-8,10,15H,2,6,9,11-14,16H2,1,3H3/b19-4+,21-10+. The monoisotopic (exact) mass is 563 g/mol. The van der Waals surface area contributed by atoms with Crippen molar-refractivity contribution in [3.05, 3.63) is 76.1 Å². The lowest BCUT2D eigenvalue weighted by molar-refractivity contribution is -0.137. The molecule has 208 valence electrons. The Morgan fingerprint density at radius 2 is 2.00 bits per heavy atom. The molecule has 7 nitrogen and oxygen atoms in total. The number of rotatable bonds is 4. The maximum atomic E-state index is 13.0. The van der Waals surface area contributed by atoms with Gasteiger partial charge in [-0.05, 0) is 44.0 Å². The Bertz CT molecular complexity index is 1300. The Balaban J connectivity index is 1.47. The maximum absolute atomic E-state index is 13.0. The Labute approximate surface area is 228 Å². The number of likely N-dealkylation sites (tertiary alicyclic amines) is 1. The lowest BCUT2D eigenvalue weighted by atomic mass is 9.89. The predicted octanol–water partition coefficient (Wildman–Crippen LogP) is 5.98. The number of halogens is 3. The average molecular weight is 564 g/mol. The van der Waals surface area contributed by atoms with Crippen molar-refractivity contribution < 1.29 is 41.8 Å². The molecule has 1 aliphatic carbocycles. The number of hydrogen-bond donors (Lipinski definition) is 0. The molecule has 1 aromatic rings. The van der Waals surface area contributed by atoms with E-state index in [9.17, 15) is 27.6 Å². The Morgan fingerprint density at radius 1 is 1.23 bits per heavy atom. The molecule has 11 heteroatoms. The van der Waals surface area contributed by atoms with E-state index in [4.69, 9.17) is 14.2 Å². The molecule has 4 rings (SSSR count). The summed E-state index contributed by atoms with van der Waals surface area (Å²) in [6, 6.07) is 4.17. The minimum absolute atomic E-state index is 0.174. The van der Waals surface area contributed by atoms with Crippen LogP contribution in [-0.4, -0.2) is 54.1 Å². The molecule has 3 aliphatic rings. The van der Waals surface area contributed by atoms with Crippen LogP contribution in [0.4, 0.5) is 18.0 Å². The number of alkyl halides is 3. The van der Waals surface area contributed by atoms with Crippen LogP contribution in [-0.2, 0) is 25.2 Å². The van der Waals surface area contributed by atoms with Gasteiger partial charge in [0.1, 0.15) is 22.0 Å². The lowest BCUT2D eigenvalue weighted by Crippen LogP contribution is -2.43. The molecular formula is C28H28F3NO6S. The zero-order valence-electron chi connectivity index (χ0n) is 21.6. The van der Waals surface area contributed by atoms with Gasteiger partial charge >= 0.3 is 12.3 Å². The smallest absolute Gasteiger partial charge is 0.416 e. The fourth-order valence-electron chi connectivity index (χ4n) is 4.65. The SMILES string of the molecule is C=C1C2=C(SCC3(CCCN(C(=O)Oc4cccc(C(F)(F)F)c4)CC3)O2)C(=O)C(=O)/C1=C/C/C(=C\C)OC. The van der Waals surface area contributed by atoms with Crippen LogP contribution < -0.4 is 4.74 Å². The van der Waals surface area contributed by atoms with Crippen molar-refractivity contribution in [2.45, 2.75) is 44.4 Å². The van der Waals surface area contributed by atoms with Crippen LogP contribution in [0.5, 0.6) is 5.75 Å². The molecule has 1 spiro atoms. The third-order valence-electron chi connectivity index (χ3n) is 6.87. The van der Waals surface area contributed by atoms with Gasteiger partial charge in [-0.2, -0.15) is 13.2 Å². The molecule has 0 N–H and O–H groups in total. The van der Waals surface area contributed by atoms with Crippen molar-refractivity contribution in [1.29, 1.82) is 0 Å². The van der Waals surface area contributed by atoms with E-state index in [1.165, 1.54) is 35.9 Å². The Morgan fingerprint density at radius 3 is 2.69 bits per heavy atom. The van der Waals surface area contributed by atoms with E-state index in [2.05, 4.69) is 6.58 Å². The summed E-state index contributed by atoms with van der Waals surface area (Å²) in [5.41, 5.74) is -1.12. The van der Waals surface area contributed by atoms with Gasteiger partial charge in [0, 0.05) is 42.8 Å². The predicted molar refractivity (Wildman–Crippen MR) is 139 cm³/mol. The van der Waals surface area contributed by atoms with E-state index in [0.29, 0.717) is 49.3 Å². The molecule has 1 fully saturated rings. The quantitative estimate of drug-likeness (QED) is 0.253. The highest BCUT2D eigenvalue weighted by atomic mass is 32.2. The largest absolute Gasteiger partial charge is 0.501 e. The van der Waals surface area contributed by atoms with Gasteiger partial charge in [0.15, 0.2) is 0 Å². The summed E-state index contributed by atoms with van der Waals surface area (Å²) in [6.07, 6.45) is -0.119. The van der Waals surface area contributed by atoms with Crippen LogP contribution in [0.1, 0.15) is 38.2 Å². The summed E-state index contributed by atoms with van der Waals surface area (Å²) < 4.78 is 55.9. The number of nitrogens with zero attached hydrogens (tertiary/aromatic N) is 1. The zero-order chi connectivity index (χ0) is 28.4. The zero-order valence-corrected chi connectivity index (χ0v) is 22.4. The van der Waals surface area contributed by atoms with Gasteiger partial charge in [0.05, 0.1) is 18.4 Å². The van der Waals surface area contributed by atoms with Crippen molar-refractivity contribution in [1.82, 2.24) is 4.90 Å². The van der Waals surface area contributed by atoms with Crippen molar-refractivity contribution in [2.75, 3.05) is 26.0 Å². The van der Waals surface area contributed by atoms with Crippen molar-refractivity contribution in [3.63, 3.8) is 0 Å². The molecule has 1 unspecified atom stereocenters. The first kappa shape index (κ1) is 28.5. The van der Waals surface area contributed by atoms with Crippen LogP contribution in [0.25, 0.3) is 0 Å². The number of amides is 1. The van der Waals surface area contributed by atoms with Gasteiger partial charge in [-0.3, -0.25) is 9.59 Å². The maximum Gasteiger partial charge on any atom is 0.416 e. The van der Waals surface area contributed by atoms with Crippen LogP contribution in [0.15, 0.2) is 70.6 Å².